The number of hydrogen-bond acceptors (Lipinski definition) is 3. The fourth-order valence-corrected chi connectivity index (χ4v) is 2.59. The average Bonchev–Trinajstić information content (AvgIpc) is 2.36. The molecule has 1 amide bonds. The lowest BCUT2D eigenvalue weighted by Gasteiger charge is -2.51. The maximum atomic E-state index is 12.1. The monoisotopic (exact) mass is 302 g/mol. The molecule has 104 valence electrons. The highest BCUT2D eigenvalue weighted by atomic mass is 35.5. The van der Waals surface area contributed by atoms with Crippen LogP contribution in [0.1, 0.15) is 30.6 Å². The number of halogens is 2. The van der Waals surface area contributed by atoms with Crippen molar-refractivity contribution in [2.75, 3.05) is 7.11 Å². The summed E-state index contributed by atoms with van der Waals surface area (Å²) in [7, 11) is 1.69. The van der Waals surface area contributed by atoms with Gasteiger partial charge in [0, 0.05) is 24.8 Å². The van der Waals surface area contributed by atoms with Gasteiger partial charge in [0.2, 0.25) is 0 Å². The fourth-order valence-electron chi connectivity index (χ4n) is 2.32. The van der Waals surface area contributed by atoms with Crippen molar-refractivity contribution in [3.63, 3.8) is 0 Å². The van der Waals surface area contributed by atoms with Gasteiger partial charge in [0.05, 0.1) is 16.7 Å². The third-order valence-electron chi connectivity index (χ3n) is 3.83. The molecular formula is C13H16Cl2N2O2. The van der Waals surface area contributed by atoms with Crippen molar-refractivity contribution in [2.45, 2.75) is 32.4 Å². The number of amides is 1. The molecule has 2 unspecified atom stereocenters. The first-order chi connectivity index (χ1) is 8.86. The average molecular weight is 303 g/mol. The zero-order chi connectivity index (χ0) is 14.2. The molecule has 0 spiro atoms. The molecule has 0 aliphatic heterocycles. The van der Waals surface area contributed by atoms with Crippen molar-refractivity contribution >= 4 is 29.1 Å². The Balaban J connectivity index is 2.04. The summed E-state index contributed by atoms with van der Waals surface area (Å²) in [6, 6.07) is 1.60. The van der Waals surface area contributed by atoms with Gasteiger partial charge in [-0.1, -0.05) is 37.0 Å². The quantitative estimate of drug-likeness (QED) is 0.874. The number of pyridine rings is 1. The van der Waals surface area contributed by atoms with Crippen LogP contribution in [0.4, 0.5) is 0 Å². The summed E-state index contributed by atoms with van der Waals surface area (Å²) >= 11 is 11.6. The normalized spacial score (nSPS) is 24.7. The Labute approximate surface area is 122 Å². The molecular weight excluding hydrogens is 287 g/mol. The smallest absolute Gasteiger partial charge is 0.253 e. The summed E-state index contributed by atoms with van der Waals surface area (Å²) in [5.74, 6) is -0.196. The standard InChI is InChI=1S/C13H16Cl2N2O2/c1-13(2)9(5-10(13)19-3)17-12(18)7-4-8(14)11(15)16-6-7/h4,6,9-10H,5H2,1-3H3,(H,17,18). The third kappa shape index (κ3) is 2.71. The Morgan fingerprint density at radius 2 is 2.21 bits per heavy atom. The van der Waals surface area contributed by atoms with Gasteiger partial charge in [-0.05, 0) is 12.5 Å². The lowest BCUT2D eigenvalue weighted by Crippen LogP contribution is -2.61. The van der Waals surface area contributed by atoms with Gasteiger partial charge in [-0.25, -0.2) is 4.98 Å². The molecule has 1 aliphatic rings. The van der Waals surface area contributed by atoms with E-state index in [0.717, 1.165) is 6.42 Å². The summed E-state index contributed by atoms with van der Waals surface area (Å²) in [6.07, 6.45) is 2.40. The molecule has 4 nitrogen and oxygen atoms in total. The van der Waals surface area contributed by atoms with Gasteiger partial charge < -0.3 is 10.1 Å². The van der Waals surface area contributed by atoms with E-state index in [4.69, 9.17) is 27.9 Å². The second kappa shape index (κ2) is 5.27. The highest BCUT2D eigenvalue weighted by molar-refractivity contribution is 6.41. The Morgan fingerprint density at radius 1 is 1.53 bits per heavy atom. The molecule has 1 saturated carbocycles. The Hall–Kier alpha value is -0.840. The van der Waals surface area contributed by atoms with Crippen LogP contribution in [0.5, 0.6) is 0 Å². The number of nitrogens with one attached hydrogen (secondary N) is 1. The zero-order valence-electron chi connectivity index (χ0n) is 11.0. The molecule has 2 atom stereocenters. The van der Waals surface area contributed by atoms with Crippen LogP contribution in [0.25, 0.3) is 0 Å². The highest BCUT2D eigenvalue weighted by Gasteiger charge is 2.49. The van der Waals surface area contributed by atoms with Gasteiger partial charge in [-0.15, -0.1) is 0 Å². The van der Waals surface area contributed by atoms with Crippen molar-refractivity contribution in [3.05, 3.63) is 28.0 Å². The number of carbonyl (C=O) groups excluding carboxylic acids is 1. The Morgan fingerprint density at radius 3 is 2.74 bits per heavy atom. The van der Waals surface area contributed by atoms with Crippen LogP contribution in [0.15, 0.2) is 12.3 Å². The molecule has 1 fully saturated rings. The van der Waals surface area contributed by atoms with E-state index in [1.54, 1.807) is 7.11 Å². The topological polar surface area (TPSA) is 51.2 Å². The lowest BCUT2D eigenvalue weighted by molar-refractivity contribution is -0.0942. The van der Waals surface area contributed by atoms with E-state index in [2.05, 4.69) is 24.1 Å². The third-order valence-corrected chi connectivity index (χ3v) is 4.51. The number of aromatic nitrogens is 1. The number of nitrogens with zero attached hydrogens (tertiary/aromatic N) is 1. The minimum atomic E-state index is -0.196. The second-order valence-electron chi connectivity index (χ2n) is 5.30. The van der Waals surface area contributed by atoms with Crippen LogP contribution in [0.3, 0.4) is 0 Å². The summed E-state index contributed by atoms with van der Waals surface area (Å²) in [5, 5.41) is 3.44. The maximum absolute atomic E-state index is 12.1. The Kier molecular flexibility index (Phi) is 4.04. The van der Waals surface area contributed by atoms with Crippen molar-refractivity contribution in [1.29, 1.82) is 0 Å². The second-order valence-corrected chi connectivity index (χ2v) is 6.07. The molecule has 2 rings (SSSR count). The van der Waals surface area contributed by atoms with Crippen LogP contribution >= 0.6 is 23.2 Å². The number of hydrogen-bond donors (Lipinski definition) is 1. The molecule has 1 N–H and O–H groups in total. The van der Waals surface area contributed by atoms with Gasteiger partial charge in [-0.2, -0.15) is 0 Å². The zero-order valence-corrected chi connectivity index (χ0v) is 12.5. The van der Waals surface area contributed by atoms with Crippen LogP contribution < -0.4 is 5.32 Å². The summed E-state index contributed by atoms with van der Waals surface area (Å²) < 4.78 is 5.35. The van der Waals surface area contributed by atoms with E-state index in [1.165, 1.54) is 12.3 Å². The first-order valence-corrected chi connectivity index (χ1v) is 6.76. The largest absolute Gasteiger partial charge is 0.381 e. The summed E-state index contributed by atoms with van der Waals surface area (Å²) in [5.41, 5.74) is 0.333. The van der Waals surface area contributed by atoms with Crippen LogP contribution in [-0.2, 0) is 4.74 Å². The van der Waals surface area contributed by atoms with E-state index in [9.17, 15) is 4.79 Å². The molecule has 0 aromatic carbocycles. The first kappa shape index (κ1) is 14.6. The Bertz CT molecular complexity index is 505. The fraction of sp³-hybridized carbons (Fsp3) is 0.538. The van der Waals surface area contributed by atoms with Crippen molar-refractivity contribution < 1.29 is 9.53 Å². The molecule has 0 radical (unpaired) electrons. The highest BCUT2D eigenvalue weighted by Crippen LogP contribution is 2.42. The van der Waals surface area contributed by atoms with Crippen molar-refractivity contribution in [1.82, 2.24) is 10.3 Å². The molecule has 1 aliphatic carbocycles. The molecule has 1 heterocycles. The summed E-state index contributed by atoms with van der Waals surface area (Å²) in [6.45, 7) is 4.14. The number of rotatable bonds is 3. The predicted octanol–water partition coefficient (Wildman–Crippen LogP) is 2.93. The van der Waals surface area contributed by atoms with Crippen LogP contribution in [0, 0.1) is 5.41 Å². The predicted molar refractivity (Wildman–Crippen MR) is 74.7 cm³/mol. The van der Waals surface area contributed by atoms with E-state index < -0.39 is 0 Å². The molecule has 19 heavy (non-hydrogen) atoms. The van der Waals surface area contributed by atoms with Crippen LogP contribution in [-0.4, -0.2) is 30.1 Å². The van der Waals surface area contributed by atoms with Gasteiger partial charge in [0.15, 0.2) is 0 Å². The minimum absolute atomic E-state index is 0.0753. The van der Waals surface area contributed by atoms with Gasteiger partial charge in [0.25, 0.3) is 5.91 Å². The van der Waals surface area contributed by atoms with Crippen molar-refractivity contribution in [3.8, 4) is 0 Å². The van der Waals surface area contributed by atoms with Gasteiger partial charge in [0.1, 0.15) is 5.15 Å². The molecule has 6 heteroatoms. The number of methoxy groups -OCH3 is 1. The van der Waals surface area contributed by atoms with Gasteiger partial charge in [-0.3, -0.25) is 4.79 Å². The van der Waals surface area contributed by atoms with E-state index >= 15 is 0 Å². The number of ether oxygens (including phenoxy) is 1. The minimum Gasteiger partial charge on any atom is -0.381 e. The lowest BCUT2D eigenvalue weighted by atomic mass is 9.64. The maximum Gasteiger partial charge on any atom is 0.253 e. The molecule has 0 saturated heterocycles. The molecule has 1 aromatic heterocycles. The van der Waals surface area contributed by atoms with E-state index in [-0.39, 0.29) is 33.6 Å². The van der Waals surface area contributed by atoms with Crippen molar-refractivity contribution in [2.24, 2.45) is 5.41 Å². The first-order valence-electron chi connectivity index (χ1n) is 6.01. The molecule has 0 bridgehead atoms. The number of carbonyl (C=O) groups is 1. The summed E-state index contributed by atoms with van der Waals surface area (Å²) in [4.78, 5) is 16.0. The SMILES string of the molecule is COC1CC(NC(=O)c2cnc(Cl)c(Cl)c2)C1(C)C. The van der Waals surface area contributed by atoms with Gasteiger partial charge >= 0.3 is 0 Å². The van der Waals surface area contributed by atoms with E-state index in [0.29, 0.717) is 5.56 Å². The van der Waals surface area contributed by atoms with E-state index in [1.807, 2.05) is 0 Å². The molecule has 1 aromatic rings. The van der Waals surface area contributed by atoms with Crippen LogP contribution in [0.2, 0.25) is 10.2 Å².